The van der Waals surface area contributed by atoms with Gasteiger partial charge in [-0.25, -0.2) is 8.42 Å². The topological polar surface area (TPSA) is 65.1 Å². The number of aromatic nitrogens is 3. The van der Waals surface area contributed by atoms with Crippen LogP contribution in [0.15, 0.2) is 96.1 Å². The standard InChI is InChI=1S/C38H44N3O3S.ClH/c1-10-45(42,43)34-19-13-18-32-33(20-21-39-35(32)34)44-38-40(36-28(24(2)3)14-11-15-29(36)25(4)5)22-23-41(38)37-30(26(6)7)16-12-17-31(37)27(8)9;/h10-27H,1H2,2-9H3;1H/q+1;/p-1. The largest absolute Gasteiger partial charge is 1.00 e. The second-order valence-electron chi connectivity index (χ2n) is 12.8. The van der Waals surface area contributed by atoms with E-state index in [0.717, 1.165) is 16.8 Å². The third-order valence-electron chi connectivity index (χ3n) is 8.36. The van der Waals surface area contributed by atoms with E-state index in [-0.39, 0.29) is 41.0 Å². The van der Waals surface area contributed by atoms with Crippen LogP contribution in [-0.4, -0.2) is 18.0 Å². The second kappa shape index (κ2) is 13.8. The minimum Gasteiger partial charge on any atom is -1.00 e. The maximum Gasteiger partial charge on any atom is 0.472 e. The summed E-state index contributed by atoms with van der Waals surface area (Å²) < 4.78 is 37.2. The van der Waals surface area contributed by atoms with Gasteiger partial charge >= 0.3 is 6.01 Å². The van der Waals surface area contributed by atoms with E-state index in [1.165, 1.54) is 22.3 Å². The lowest BCUT2D eigenvalue weighted by atomic mass is 9.92. The number of halogens is 1. The van der Waals surface area contributed by atoms with E-state index in [2.05, 4.69) is 125 Å². The molecule has 46 heavy (non-hydrogen) atoms. The number of hydrogen-bond acceptors (Lipinski definition) is 4. The molecule has 0 aliphatic carbocycles. The molecule has 3 aromatic carbocycles. The molecule has 0 fully saturated rings. The van der Waals surface area contributed by atoms with Gasteiger partial charge in [0.15, 0.2) is 0 Å². The smallest absolute Gasteiger partial charge is 0.472 e. The number of sulfone groups is 1. The van der Waals surface area contributed by atoms with Crippen molar-refractivity contribution in [3.8, 4) is 23.1 Å². The van der Waals surface area contributed by atoms with E-state index < -0.39 is 9.84 Å². The first kappa shape index (κ1) is 34.9. The number of ether oxygens (including phenoxy) is 1. The van der Waals surface area contributed by atoms with Gasteiger partial charge in [-0.2, -0.15) is 9.13 Å². The van der Waals surface area contributed by atoms with Gasteiger partial charge in [0, 0.05) is 45.3 Å². The molecule has 0 saturated heterocycles. The third kappa shape index (κ3) is 6.36. The maximum absolute atomic E-state index is 12.9. The molecule has 0 aliphatic heterocycles. The molecule has 0 spiro atoms. The minimum absolute atomic E-state index is 0. The fourth-order valence-electron chi connectivity index (χ4n) is 6.03. The lowest BCUT2D eigenvalue weighted by Gasteiger charge is -2.19. The Bertz CT molecular complexity index is 1860. The SMILES string of the molecule is C=CS(=O)(=O)c1cccc2c(Oc3n(-c4c(C(C)C)cccc4C(C)C)cc[n+]3-c3c(C(C)C)cccc3C(C)C)ccnc12.[Cl-]. The Balaban J connectivity index is 0.00000480. The van der Waals surface area contributed by atoms with Gasteiger partial charge in [-0.15, -0.1) is 0 Å². The molecule has 2 heterocycles. The summed E-state index contributed by atoms with van der Waals surface area (Å²) in [5.74, 6) is 1.58. The van der Waals surface area contributed by atoms with E-state index in [4.69, 9.17) is 4.74 Å². The number of imidazole rings is 1. The van der Waals surface area contributed by atoms with E-state index in [0.29, 0.717) is 22.7 Å². The second-order valence-corrected chi connectivity index (χ2v) is 14.6. The number of nitrogens with zero attached hydrogens (tertiary/aromatic N) is 3. The molecule has 0 N–H and O–H groups in total. The Labute approximate surface area is 280 Å². The number of benzene rings is 3. The number of hydrogen-bond donors (Lipinski definition) is 0. The number of para-hydroxylation sites is 3. The quantitative estimate of drug-likeness (QED) is 0.161. The van der Waals surface area contributed by atoms with Crippen LogP contribution in [0.1, 0.15) is 101 Å². The van der Waals surface area contributed by atoms with Gasteiger partial charge in [0.05, 0.1) is 10.4 Å². The van der Waals surface area contributed by atoms with Crippen molar-refractivity contribution in [2.75, 3.05) is 0 Å². The van der Waals surface area contributed by atoms with Crippen molar-refractivity contribution in [1.82, 2.24) is 9.55 Å². The van der Waals surface area contributed by atoms with Crippen LogP contribution in [0.2, 0.25) is 0 Å². The van der Waals surface area contributed by atoms with Crippen LogP contribution < -0.4 is 21.7 Å². The molecule has 0 radical (unpaired) electrons. The van der Waals surface area contributed by atoms with Crippen LogP contribution in [0.25, 0.3) is 22.3 Å². The molecule has 5 rings (SSSR count). The zero-order valence-corrected chi connectivity index (χ0v) is 29.5. The van der Waals surface area contributed by atoms with Crippen molar-refractivity contribution >= 4 is 20.7 Å². The first-order chi connectivity index (χ1) is 21.4. The van der Waals surface area contributed by atoms with Gasteiger partial charge in [0.2, 0.25) is 9.84 Å². The molecule has 0 bridgehead atoms. The predicted molar refractivity (Wildman–Crippen MR) is 183 cm³/mol. The Morgan fingerprint density at radius 3 is 1.83 bits per heavy atom. The molecule has 5 aromatic rings. The van der Waals surface area contributed by atoms with Gasteiger partial charge in [-0.3, -0.25) is 4.98 Å². The zero-order valence-electron chi connectivity index (χ0n) is 28.0. The average Bonchev–Trinajstić information content (AvgIpc) is 3.42. The molecule has 2 aromatic heterocycles. The molecule has 0 atom stereocenters. The number of pyridine rings is 1. The van der Waals surface area contributed by atoms with Crippen molar-refractivity contribution in [2.45, 2.75) is 84.0 Å². The molecule has 0 saturated carbocycles. The van der Waals surface area contributed by atoms with Gasteiger partial charge in [0.25, 0.3) is 0 Å². The highest BCUT2D eigenvalue weighted by Gasteiger charge is 2.32. The minimum atomic E-state index is -3.73. The van der Waals surface area contributed by atoms with Crippen molar-refractivity contribution in [2.24, 2.45) is 0 Å². The molecule has 8 heteroatoms. The Kier molecular flexibility index (Phi) is 10.5. The summed E-state index contributed by atoms with van der Waals surface area (Å²) in [5.41, 5.74) is 7.40. The molecule has 0 amide bonds. The van der Waals surface area contributed by atoms with Crippen LogP contribution in [0.3, 0.4) is 0 Å². The molecule has 0 aliphatic rings. The molecule has 6 nitrogen and oxygen atoms in total. The molecule has 0 unspecified atom stereocenters. The summed E-state index contributed by atoms with van der Waals surface area (Å²) in [4.78, 5) is 4.58. The van der Waals surface area contributed by atoms with E-state index >= 15 is 0 Å². The first-order valence-electron chi connectivity index (χ1n) is 15.7. The van der Waals surface area contributed by atoms with Gasteiger partial charge in [0.1, 0.15) is 29.5 Å². The van der Waals surface area contributed by atoms with Crippen LogP contribution in [0, 0.1) is 0 Å². The van der Waals surface area contributed by atoms with Crippen LogP contribution in [0.4, 0.5) is 0 Å². The molecular formula is C38H44ClN3O3S. The van der Waals surface area contributed by atoms with Crippen LogP contribution >= 0.6 is 0 Å². The van der Waals surface area contributed by atoms with Crippen molar-refractivity contribution in [3.63, 3.8) is 0 Å². The highest BCUT2D eigenvalue weighted by molar-refractivity contribution is 7.94. The van der Waals surface area contributed by atoms with E-state index in [9.17, 15) is 8.42 Å². The Morgan fingerprint density at radius 2 is 1.30 bits per heavy atom. The number of fused-ring (bicyclic) bond motifs is 1. The van der Waals surface area contributed by atoms with Crippen molar-refractivity contribution in [1.29, 1.82) is 0 Å². The van der Waals surface area contributed by atoms with Gasteiger partial charge < -0.3 is 17.1 Å². The lowest BCUT2D eigenvalue weighted by molar-refractivity contribution is -0.602. The molecular weight excluding hydrogens is 614 g/mol. The van der Waals surface area contributed by atoms with Gasteiger partial charge in [-0.1, -0.05) is 104 Å². The summed E-state index contributed by atoms with van der Waals surface area (Å²) in [6.07, 6.45) is 5.77. The lowest BCUT2D eigenvalue weighted by Crippen LogP contribution is -3.00. The van der Waals surface area contributed by atoms with Crippen molar-refractivity contribution in [3.05, 3.63) is 113 Å². The summed E-state index contributed by atoms with van der Waals surface area (Å²) >= 11 is 0. The Morgan fingerprint density at radius 1 is 0.783 bits per heavy atom. The van der Waals surface area contributed by atoms with Gasteiger partial charge in [-0.05, 0) is 35.8 Å². The normalized spacial score (nSPS) is 11.9. The summed E-state index contributed by atoms with van der Waals surface area (Å²) in [6, 6.07) is 20.5. The van der Waals surface area contributed by atoms with Crippen LogP contribution in [-0.2, 0) is 9.84 Å². The highest BCUT2D eigenvalue weighted by Crippen LogP contribution is 2.38. The zero-order chi connectivity index (χ0) is 32.6. The fourth-order valence-corrected chi connectivity index (χ4v) is 6.91. The summed E-state index contributed by atoms with van der Waals surface area (Å²) in [6.45, 7) is 21.2. The van der Waals surface area contributed by atoms with E-state index in [1.807, 2.05) is 6.07 Å². The van der Waals surface area contributed by atoms with E-state index in [1.54, 1.807) is 24.4 Å². The first-order valence-corrected chi connectivity index (χ1v) is 17.2. The average molecular weight is 658 g/mol. The predicted octanol–water partition coefficient (Wildman–Crippen LogP) is 6.51. The van der Waals surface area contributed by atoms with Crippen molar-refractivity contribution < 1.29 is 30.1 Å². The highest BCUT2D eigenvalue weighted by atomic mass is 35.5. The third-order valence-corrected chi connectivity index (χ3v) is 9.75. The van der Waals surface area contributed by atoms with Crippen LogP contribution in [0.5, 0.6) is 11.8 Å². The fraction of sp³-hybridized carbons (Fsp3) is 0.316. The monoisotopic (exact) mass is 657 g/mol. The summed E-state index contributed by atoms with van der Waals surface area (Å²) in [5, 5.41) is 1.56. The number of rotatable bonds is 10. The summed E-state index contributed by atoms with van der Waals surface area (Å²) in [7, 11) is -3.73. The Hall–Kier alpha value is -3.94. The molecule has 242 valence electrons. The maximum atomic E-state index is 12.9.